The minimum absolute atomic E-state index is 0.181. The SMILES string of the molecule is COc1ccc(OCCCN2CCN(C(=O)C3CCCO3)CC2)cc1. The van der Waals surface area contributed by atoms with Crippen molar-refractivity contribution in [3.8, 4) is 11.5 Å². The van der Waals surface area contributed by atoms with Crippen molar-refractivity contribution >= 4 is 5.91 Å². The Morgan fingerprint density at radius 2 is 1.88 bits per heavy atom. The minimum atomic E-state index is -0.190. The topological polar surface area (TPSA) is 51.2 Å². The molecule has 3 rings (SSSR count). The summed E-state index contributed by atoms with van der Waals surface area (Å²) in [7, 11) is 1.66. The third-order valence-corrected chi connectivity index (χ3v) is 4.84. The fourth-order valence-electron chi connectivity index (χ4n) is 3.32. The van der Waals surface area contributed by atoms with E-state index in [1.54, 1.807) is 7.11 Å². The van der Waals surface area contributed by atoms with Crippen LogP contribution in [0.4, 0.5) is 0 Å². The fourth-order valence-corrected chi connectivity index (χ4v) is 3.32. The molecule has 0 N–H and O–H groups in total. The molecule has 138 valence electrons. The summed E-state index contributed by atoms with van der Waals surface area (Å²) < 4.78 is 16.4. The average molecular weight is 348 g/mol. The molecule has 1 amide bonds. The summed E-state index contributed by atoms with van der Waals surface area (Å²) in [6.07, 6.45) is 2.67. The summed E-state index contributed by atoms with van der Waals surface area (Å²) in [6, 6.07) is 7.65. The van der Waals surface area contributed by atoms with Gasteiger partial charge in [-0.1, -0.05) is 0 Å². The maximum absolute atomic E-state index is 12.3. The van der Waals surface area contributed by atoms with Crippen molar-refractivity contribution in [1.29, 1.82) is 0 Å². The highest BCUT2D eigenvalue weighted by molar-refractivity contribution is 5.81. The number of ether oxygens (including phenoxy) is 3. The van der Waals surface area contributed by atoms with Crippen LogP contribution < -0.4 is 9.47 Å². The summed E-state index contributed by atoms with van der Waals surface area (Å²) in [6.45, 7) is 5.89. The minimum Gasteiger partial charge on any atom is -0.497 e. The molecule has 1 unspecified atom stereocenters. The van der Waals surface area contributed by atoms with Gasteiger partial charge < -0.3 is 19.1 Å². The van der Waals surface area contributed by atoms with E-state index in [1.165, 1.54) is 0 Å². The first kappa shape index (κ1) is 18.0. The average Bonchev–Trinajstić information content (AvgIpc) is 3.20. The lowest BCUT2D eigenvalue weighted by Gasteiger charge is -2.35. The zero-order valence-electron chi connectivity index (χ0n) is 15.0. The van der Waals surface area contributed by atoms with E-state index < -0.39 is 0 Å². The molecule has 25 heavy (non-hydrogen) atoms. The van der Waals surface area contributed by atoms with Crippen LogP contribution in [0.5, 0.6) is 11.5 Å². The summed E-state index contributed by atoms with van der Waals surface area (Å²) >= 11 is 0. The standard InChI is InChI=1S/C19H28N2O4/c1-23-16-5-7-17(8-6-16)24-15-3-9-20-10-12-21(13-11-20)19(22)18-4-2-14-25-18/h5-8,18H,2-4,9-15H2,1H3. The van der Waals surface area contributed by atoms with Crippen LogP contribution in [-0.2, 0) is 9.53 Å². The van der Waals surface area contributed by atoms with Gasteiger partial charge >= 0.3 is 0 Å². The highest BCUT2D eigenvalue weighted by Gasteiger charge is 2.30. The lowest BCUT2D eigenvalue weighted by atomic mass is 10.2. The van der Waals surface area contributed by atoms with Crippen LogP contribution in [0.2, 0.25) is 0 Å². The van der Waals surface area contributed by atoms with Gasteiger partial charge in [-0.2, -0.15) is 0 Å². The molecule has 1 atom stereocenters. The van der Waals surface area contributed by atoms with E-state index in [0.717, 1.165) is 70.1 Å². The van der Waals surface area contributed by atoms with E-state index >= 15 is 0 Å². The number of carbonyl (C=O) groups is 1. The maximum Gasteiger partial charge on any atom is 0.251 e. The Morgan fingerprint density at radius 1 is 1.16 bits per heavy atom. The lowest BCUT2D eigenvalue weighted by molar-refractivity contribution is -0.142. The van der Waals surface area contributed by atoms with Gasteiger partial charge in [0.1, 0.15) is 17.6 Å². The molecule has 1 aromatic rings. The Morgan fingerprint density at radius 3 is 2.52 bits per heavy atom. The van der Waals surface area contributed by atoms with E-state index in [-0.39, 0.29) is 12.0 Å². The van der Waals surface area contributed by atoms with Crippen molar-refractivity contribution in [2.24, 2.45) is 0 Å². The van der Waals surface area contributed by atoms with Gasteiger partial charge in [0.15, 0.2) is 0 Å². The van der Waals surface area contributed by atoms with Crippen molar-refractivity contribution < 1.29 is 19.0 Å². The maximum atomic E-state index is 12.3. The smallest absolute Gasteiger partial charge is 0.251 e. The fraction of sp³-hybridized carbons (Fsp3) is 0.632. The molecule has 1 aromatic carbocycles. The summed E-state index contributed by atoms with van der Waals surface area (Å²) in [5.41, 5.74) is 0. The second kappa shape index (κ2) is 9.06. The molecular formula is C19H28N2O4. The second-order valence-electron chi connectivity index (χ2n) is 6.55. The van der Waals surface area contributed by atoms with Crippen molar-refractivity contribution in [1.82, 2.24) is 9.80 Å². The third-order valence-electron chi connectivity index (χ3n) is 4.84. The molecule has 2 aliphatic heterocycles. The van der Waals surface area contributed by atoms with E-state index in [9.17, 15) is 4.79 Å². The molecular weight excluding hydrogens is 320 g/mol. The van der Waals surface area contributed by atoms with Gasteiger partial charge in [0, 0.05) is 39.3 Å². The van der Waals surface area contributed by atoms with Gasteiger partial charge in [0.25, 0.3) is 5.91 Å². The molecule has 2 aliphatic rings. The Labute approximate surface area is 149 Å². The highest BCUT2D eigenvalue weighted by atomic mass is 16.5. The number of rotatable bonds is 7. The number of hydrogen-bond donors (Lipinski definition) is 0. The first-order valence-corrected chi connectivity index (χ1v) is 9.16. The number of benzene rings is 1. The summed E-state index contributed by atoms with van der Waals surface area (Å²) in [5.74, 6) is 1.88. The molecule has 6 nitrogen and oxygen atoms in total. The van der Waals surface area contributed by atoms with Crippen molar-refractivity contribution in [3.05, 3.63) is 24.3 Å². The zero-order chi connectivity index (χ0) is 17.5. The number of carbonyl (C=O) groups excluding carboxylic acids is 1. The Balaban J connectivity index is 1.30. The van der Waals surface area contributed by atoms with E-state index in [2.05, 4.69) is 4.90 Å². The Bertz CT molecular complexity index is 535. The van der Waals surface area contributed by atoms with Crippen LogP contribution in [0.3, 0.4) is 0 Å². The predicted octanol–water partition coefficient (Wildman–Crippen LogP) is 1.79. The quantitative estimate of drug-likeness (QED) is 0.703. The molecule has 0 bridgehead atoms. The van der Waals surface area contributed by atoms with Crippen LogP contribution in [0.15, 0.2) is 24.3 Å². The first-order chi connectivity index (χ1) is 12.3. The molecule has 2 saturated heterocycles. The van der Waals surface area contributed by atoms with Gasteiger partial charge in [-0.05, 0) is 43.5 Å². The van der Waals surface area contributed by atoms with Gasteiger partial charge in [0.2, 0.25) is 0 Å². The van der Waals surface area contributed by atoms with Gasteiger partial charge in [-0.15, -0.1) is 0 Å². The Hall–Kier alpha value is -1.79. The number of methoxy groups -OCH3 is 1. The van der Waals surface area contributed by atoms with Gasteiger partial charge in [0.05, 0.1) is 13.7 Å². The number of piperazine rings is 1. The van der Waals surface area contributed by atoms with Crippen LogP contribution in [0.25, 0.3) is 0 Å². The van der Waals surface area contributed by atoms with Gasteiger partial charge in [-0.25, -0.2) is 0 Å². The van der Waals surface area contributed by atoms with Crippen molar-refractivity contribution in [2.75, 3.05) is 53.0 Å². The van der Waals surface area contributed by atoms with Crippen molar-refractivity contribution in [2.45, 2.75) is 25.4 Å². The van der Waals surface area contributed by atoms with Crippen molar-refractivity contribution in [3.63, 3.8) is 0 Å². The van der Waals surface area contributed by atoms with Crippen LogP contribution >= 0.6 is 0 Å². The molecule has 0 saturated carbocycles. The molecule has 2 heterocycles. The molecule has 2 fully saturated rings. The normalized spacial score (nSPS) is 21.3. The zero-order valence-corrected chi connectivity index (χ0v) is 15.0. The summed E-state index contributed by atoms with van der Waals surface area (Å²) in [4.78, 5) is 16.7. The molecule has 0 aliphatic carbocycles. The second-order valence-corrected chi connectivity index (χ2v) is 6.55. The summed E-state index contributed by atoms with van der Waals surface area (Å²) in [5, 5.41) is 0. The molecule has 0 aromatic heterocycles. The van der Waals surface area contributed by atoms with E-state index in [0.29, 0.717) is 6.61 Å². The predicted molar refractivity (Wildman–Crippen MR) is 95.1 cm³/mol. The Kier molecular flexibility index (Phi) is 6.53. The van der Waals surface area contributed by atoms with Crippen LogP contribution in [0.1, 0.15) is 19.3 Å². The molecule has 6 heteroatoms. The monoisotopic (exact) mass is 348 g/mol. The van der Waals surface area contributed by atoms with E-state index in [4.69, 9.17) is 14.2 Å². The first-order valence-electron chi connectivity index (χ1n) is 9.16. The van der Waals surface area contributed by atoms with Crippen LogP contribution in [-0.4, -0.2) is 74.9 Å². The molecule has 0 radical (unpaired) electrons. The third kappa shape index (κ3) is 5.09. The largest absolute Gasteiger partial charge is 0.497 e. The number of hydrogen-bond acceptors (Lipinski definition) is 5. The molecule has 0 spiro atoms. The lowest BCUT2D eigenvalue weighted by Crippen LogP contribution is -2.51. The number of nitrogens with zero attached hydrogens (tertiary/aromatic N) is 2. The number of amides is 1. The van der Waals surface area contributed by atoms with E-state index in [1.807, 2.05) is 29.2 Å². The van der Waals surface area contributed by atoms with Gasteiger partial charge in [-0.3, -0.25) is 9.69 Å². The van der Waals surface area contributed by atoms with Crippen LogP contribution in [0, 0.1) is 0 Å². The highest BCUT2D eigenvalue weighted by Crippen LogP contribution is 2.18.